The summed E-state index contributed by atoms with van der Waals surface area (Å²) in [7, 11) is -1.48. The normalized spacial score (nSPS) is 11.3. The van der Waals surface area contributed by atoms with Crippen LogP contribution in [0.3, 0.4) is 0 Å². The molecule has 5 heteroatoms. The molecule has 3 aromatic heterocycles. The molecule has 0 aliphatic heterocycles. The third-order valence-corrected chi connectivity index (χ3v) is 8.90. The van der Waals surface area contributed by atoms with E-state index in [1.54, 1.807) is 0 Å². The Hall–Kier alpha value is -3.37. The summed E-state index contributed by atoms with van der Waals surface area (Å²) in [6.07, 6.45) is 3.83. The number of nitrogens with zero attached hydrogens (tertiary/aromatic N) is 2. The van der Waals surface area contributed by atoms with Gasteiger partial charge < -0.3 is 14.4 Å². The SMILES string of the molecule is CC(C)c1ccc(-c2[c-]ccc3c2oc2cccc([Si](C)(C)C)c23)nc1.Cc1ccc(-c2[c-]cccc2)nc1.[Ir]. The van der Waals surface area contributed by atoms with Gasteiger partial charge in [0, 0.05) is 37.9 Å². The maximum absolute atomic E-state index is 6.30. The van der Waals surface area contributed by atoms with Crippen LogP contribution in [0.15, 0.2) is 95.7 Å². The van der Waals surface area contributed by atoms with E-state index >= 15 is 0 Å². The van der Waals surface area contributed by atoms with Crippen molar-refractivity contribution < 1.29 is 24.5 Å². The van der Waals surface area contributed by atoms with E-state index in [9.17, 15) is 0 Å². The zero-order valence-electron chi connectivity index (χ0n) is 23.9. The van der Waals surface area contributed by atoms with E-state index in [0.29, 0.717) is 5.92 Å². The van der Waals surface area contributed by atoms with Gasteiger partial charge in [0.05, 0.1) is 13.7 Å². The number of fused-ring (bicyclic) bond motifs is 3. The topological polar surface area (TPSA) is 38.9 Å². The van der Waals surface area contributed by atoms with E-state index in [2.05, 4.69) is 98.1 Å². The smallest absolute Gasteiger partial charge is 0.120 e. The van der Waals surface area contributed by atoms with Crippen LogP contribution in [0.1, 0.15) is 30.9 Å². The molecule has 0 fully saturated rings. The summed E-state index contributed by atoms with van der Waals surface area (Å²) in [5.74, 6) is 0.474. The summed E-state index contributed by atoms with van der Waals surface area (Å²) in [4.78, 5) is 9.00. The van der Waals surface area contributed by atoms with Gasteiger partial charge in [0.2, 0.25) is 0 Å². The molecule has 40 heavy (non-hydrogen) atoms. The molecular formula is C35H34IrN2OSi-2. The third-order valence-electron chi connectivity index (χ3n) is 6.87. The monoisotopic (exact) mass is 719 g/mol. The van der Waals surface area contributed by atoms with Crippen LogP contribution in [0.4, 0.5) is 0 Å². The van der Waals surface area contributed by atoms with Gasteiger partial charge in [-0.2, -0.15) is 0 Å². The second-order valence-electron chi connectivity index (χ2n) is 11.3. The van der Waals surface area contributed by atoms with Crippen molar-refractivity contribution in [2.75, 3.05) is 0 Å². The van der Waals surface area contributed by atoms with Gasteiger partial charge in [-0.3, -0.25) is 0 Å². The van der Waals surface area contributed by atoms with Crippen LogP contribution in [-0.4, -0.2) is 18.0 Å². The molecule has 3 heterocycles. The molecule has 0 unspecified atom stereocenters. The first kappa shape index (κ1) is 29.6. The molecule has 0 aliphatic carbocycles. The van der Waals surface area contributed by atoms with Crippen molar-refractivity contribution in [1.82, 2.24) is 9.97 Å². The number of aromatic nitrogens is 2. The molecule has 6 rings (SSSR count). The Labute approximate surface area is 252 Å². The van der Waals surface area contributed by atoms with E-state index < -0.39 is 8.07 Å². The number of hydrogen-bond acceptors (Lipinski definition) is 3. The second kappa shape index (κ2) is 12.4. The maximum atomic E-state index is 6.30. The van der Waals surface area contributed by atoms with Crippen LogP contribution < -0.4 is 5.19 Å². The van der Waals surface area contributed by atoms with Crippen molar-refractivity contribution >= 4 is 35.2 Å². The van der Waals surface area contributed by atoms with Gasteiger partial charge >= 0.3 is 0 Å². The van der Waals surface area contributed by atoms with Gasteiger partial charge in [-0.15, -0.1) is 54.1 Å². The Morgan fingerprint density at radius 2 is 1.55 bits per heavy atom. The van der Waals surface area contributed by atoms with Crippen LogP contribution >= 0.6 is 0 Å². The fraction of sp³-hybridized carbons (Fsp3) is 0.200. The molecule has 0 amide bonds. The summed E-state index contributed by atoms with van der Waals surface area (Å²) in [6.45, 7) is 13.5. The van der Waals surface area contributed by atoms with Gasteiger partial charge in [0.25, 0.3) is 0 Å². The fourth-order valence-corrected chi connectivity index (χ4v) is 6.28. The van der Waals surface area contributed by atoms with Crippen molar-refractivity contribution in [3.63, 3.8) is 0 Å². The summed E-state index contributed by atoms with van der Waals surface area (Å²) in [5.41, 5.74) is 8.14. The van der Waals surface area contributed by atoms with Crippen LogP contribution in [0.25, 0.3) is 44.5 Å². The second-order valence-corrected chi connectivity index (χ2v) is 16.3. The summed E-state index contributed by atoms with van der Waals surface area (Å²) < 4.78 is 6.30. The van der Waals surface area contributed by atoms with Crippen LogP contribution in [-0.2, 0) is 20.1 Å². The number of furan rings is 1. The quantitative estimate of drug-likeness (QED) is 0.135. The van der Waals surface area contributed by atoms with E-state index in [-0.39, 0.29) is 20.1 Å². The maximum Gasteiger partial charge on any atom is 0.120 e. The van der Waals surface area contributed by atoms with Crippen LogP contribution in [0.5, 0.6) is 0 Å². The van der Waals surface area contributed by atoms with Gasteiger partial charge in [-0.1, -0.05) is 86.0 Å². The number of aryl methyl sites for hydroxylation is 1. The van der Waals surface area contributed by atoms with Crippen molar-refractivity contribution in [2.24, 2.45) is 0 Å². The predicted molar refractivity (Wildman–Crippen MR) is 166 cm³/mol. The minimum Gasteiger partial charge on any atom is -0.501 e. The largest absolute Gasteiger partial charge is 0.501 e. The first-order chi connectivity index (χ1) is 18.7. The number of rotatable bonds is 4. The van der Waals surface area contributed by atoms with Gasteiger partial charge in [0.1, 0.15) is 5.58 Å². The molecule has 0 N–H and O–H groups in total. The molecule has 3 aromatic carbocycles. The molecule has 205 valence electrons. The van der Waals surface area contributed by atoms with E-state index in [0.717, 1.165) is 33.7 Å². The first-order valence-electron chi connectivity index (χ1n) is 13.4. The standard InChI is InChI=1S/C23H24NOSi.C12H10N.Ir/c1-15(2)16-12-13-19(24-14-16)17-8-6-9-18-22-20(25-23(17)18)10-7-11-21(22)26(3,4)5;1-10-7-8-12(13-9-10)11-5-3-2-4-6-11;/h6-7,9-15H,1-5H3;2-5,7-9H,1H3;/q2*-1;. The number of pyridine rings is 2. The molecule has 0 atom stereocenters. The Morgan fingerprint density at radius 3 is 2.17 bits per heavy atom. The van der Waals surface area contributed by atoms with Gasteiger partial charge in [0.15, 0.2) is 0 Å². The average Bonchev–Trinajstić information content (AvgIpc) is 3.33. The third kappa shape index (κ3) is 6.33. The minimum absolute atomic E-state index is 0. The minimum atomic E-state index is -1.48. The zero-order valence-corrected chi connectivity index (χ0v) is 27.3. The summed E-state index contributed by atoms with van der Waals surface area (Å²) in [5, 5.41) is 3.87. The summed E-state index contributed by atoms with van der Waals surface area (Å²) >= 11 is 0. The Morgan fingerprint density at radius 1 is 0.775 bits per heavy atom. The Bertz CT molecular complexity index is 1700. The molecule has 0 aliphatic rings. The Kier molecular flexibility index (Phi) is 9.20. The fourth-order valence-electron chi connectivity index (χ4n) is 4.68. The molecule has 0 saturated heterocycles. The average molecular weight is 719 g/mol. The van der Waals surface area contributed by atoms with Crippen molar-refractivity contribution in [2.45, 2.75) is 46.3 Å². The molecule has 6 aromatic rings. The summed E-state index contributed by atoms with van der Waals surface area (Å²) in [6, 6.07) is 33.2. The predicted octanol–water partition coefficient (Wildman–Crippen LogP) is 8.97. The number of benzene rings is 3. The van der Waals surface area contributed by atoms with Crippen LogP contribution in [0, 0.1) is 19.1 Å². The van der Waals surface area contributed by atoms with Gasteiger partial charge in [-0.05, 0) is 41.4 Å². The Balaban J connectivity index is 0.000000223. The number of hydrogen-bond donors (Lipinski definition) is 0. The molecule has 1 radical (unpaired) electrons. The van der Waals surface area contributed by atoms with Crippen molar-refractivity contribution in [1.29, 1.82) is 0 Å². The molecule has 0 saturated carbocycles. The molecule has 3 nitrogen and oxygen atoms in total. The first-order valence-corrected chi connectivity index (χ1v) is 16.9. The van der Waals surface area contributed by atoms with Crippen molar-refractivity contribution in [3.05, 3.63) is 115 Å². The van der Waals surface area contributed by atoms with E-state index in [1.807, 2.05) is 55.7 Å². The zero-order chi connectivity index (χ0) is 27.6. The van der Waals surface area contributed by atoms with Gasteiger partial charge in [-0.25, -0.2) is 0 Å². The van der Waals surface area contributed by atoms with Crippen molar-refractivity contribution in [3.8, 4) is 22.5 Å². The van der Waals surface area contributed by atoms with E-state index in [1.165, 1.54) is 27.1 Å². The van der Waals surface area contributed by atoms with E-state index in [4.69, 9.17) is 4.42 Å². The van der Waals surface area contributed by atoms with Crippen LogP contribution in [0.2, 0.25) is 19.6 Å². The molecular weight excluding hydrogens is 685 g/mol. The molecule has 0 spiro atoms. The molecule has 0 bridgehead atoms.